The van der Waals surface area contributed by atoms with Crippen LogP contribution in [0.4, 0.5) is 11.4 Å². The van der Waals surface area contributed by atoms with Crippen molar-refractivity contribution >= 4 is 34.6 Å². The Bertz CT molecular complexity index is 656. The number of primary amides is 1. The number of anilines is 2. The molecule has 0 unspecified atom stereocenters. The predicted octanol–water partition coefficient (Wildman–Crippen LogP) is 2.60. The molecule has 5 nitrogen and oxygen atoms in total. The average Bonchev–Trinajstić information content (AvgIpc) is 2.48. The monoisotopic (exact) mass is 301 g/mol. The Kier molecular flexibility index (Phi) is 4.73. The van der Waals surface area contributed by atoms with Crippen molar-refractivity contribution < 1.29 is 9.53 Å². The van der Waals surface area contributed by atoms with E-state index in [1.54, 1.807) is 31.4 Å². The van der Waals surface area contributed by atoms with Crippen LogP contribution in [0.1, 0.15) is 10.4 Å². The number of ether oxygens (including phenoxy) is 1. The number of methoxy groups -OCH3 is 1. The predicted molar refractivity (Wildman–Crippen MR) is 87.8 cm³/mol. The molecule has 0 aliphatic carbocycles. The summed E-state index contributed by atoms with van der Waals surface area (Å²) in [5.41, 5.74) is 7.08. The number of nitrogens with one attached hydrogen (secondary N) is 2. The minimum Gasteiger partial charge on any atom is -0.497 e. The molecule has 0 aliphatic heterocycles. The minimum absolute atomic E-state index is 0.369. The Labute approximate surface area is 128 Å². The molecule has 0 aromatic heterocycles. The van der Waals surface area contributed by atoms with Gasteiger partial charge in [0.2, 0.25) is 0 Å². The first-order chi connectivity index (χ1) is 10.1. The Morgan fingerprint density at radius 1 is 1.10 bits per heavy atom. The molecule has 2 aromatic rings. The Hall–Kier alpha value is -2.60. The van der Waals surface area contributed by atoms with Gasteiger partial charge in [-0.3, -0.25) is 4.79 Å². The summed E-state index contributed by atoms with van der Waals surface area (Å²) in [5.74, 6) is 0.254. The van der Waals surface area contributed by atoms with Gasteiger partial charge in [-0.2, -0.15) is 0 Å². The fourth-order valence-electron chi connectivity index (χ4n) is 1.77. The van der Waals surface area contributed by atoms with Crippen molar-refractivity contribution in [2.45, 2.75) is 0 Å². The number of thiocarbonyl (C=S) groups is 1. The van der Waals surface area contributed by atoms with Crippen LogP contribution >= 0.6 is 12.2 Å². The fourth-order valence-corrected chi connectivity index (χ4v) is 1.99. The summed E-state index contributed by atoms with van der Waals surface area (Å²) in [4.78, 5) is 11.3. The van der Waals surface area contributed by atoms with Gasteiger partial charge in [0.15, 0.2) is 5.11 Å². The molecule has 1 amide bonds. The van der Waals surface area contributed by atoms with E-state index >= 15 is 0 Å². The Morgan fingerprint density at radius 2 is 1.76 bits per heavy atom. The van der Waals surface area contributed by atoms with Gasteiger partial charge in [-0.15, -0.1) is 0 Å². The SMILES string of the molecule is COc1ccc(NC(=S)Nc2ccccc2C(N)=O)cc1. The maximum absolute atomic E-state index is 11.3. The van der Waals surface area contributed by atoms with Crippen molar-refractivity contribution in [1.82, 2.24) is 0 Å². The summed E-state index contributed by atoms with van der Waals surface area (Å²) < 4.78 is 5.08. The third-order valence-electron chi connectivity index (χ3n) is 2.79. The highest BCUT2D eigenvalue weighted by Gasteiger charge is 2.08. The topological polar surface area (TPSA) is 76.4 Å². The van der Waals surface area contributed by atoms with Crippen LogP contribution in [0.2, 0.25) is 0 Å². The number of nitrogens with two attached hydrogens (primary N) is 1. The van der Waals surface area contributed by atoms with Crippen molar-refractivity contribution in [2.75, 3.05) is 17.7 Å². The molecule has 2 rings (SSSR count). The number of carbonyl (C=O) groups is 1. The van der Waals surface area contributed by atoms with Crippen LogP contribution in [0, 0.1) is 0 Å². The molecule has 108 valence electrons. The van der Waals surface area contributed by atoms with E-state index in [0.717, 1.165) is 11.4 Å². The number of hydrogen-bond donors (Lipinski definition) is 3. The van der Waals surface area contributed by atoms with E-state index in [4.69, 9.17) is 22.7 Å². The quantitative estimate of drug-likeness (QED) is 0.757. The zero-order chi connectivity index (χ0) is 15.2. The normalized spacial score (nSPS) is 9.76. The van der Waals surface area contributed by atoms with Gasteiger partial charge >= 0.3 is 0 Å². The van der Waals surface area contributed by atoms with Crippen molar-refractivity contribution in [1.29, 1.82) is 0 Å². The van der Waals surface area contributed by atoms with Crippen LogP contribution in [0.5, 0.6) is 5.75 Å². The minimum atomic E-state index is -0.509. The lowest BCUT2D eigenvalue weighted by atomic mass is 10.1. The van der Waals surface area contributed by atoms with E-state index in [9.17, 15) is 4.79 Å². The van der Waals surface area contributed by atoms with Gasteiger partial charge in [0.05, 0.1) is 18.4 Å². The average molecular weight is 301 g/mol. The summed E-state index contributed by atoms with van der Waals surface area (Å²) >= 11 is 5.22. The van der Waals surface area contributed by atoms with Gasteiger partial charge in [0, 0.05) is 5.69 Å². The van der Waals surface area contributed by atoms with E-state index < -0.39 is 5.91 Å². The van der Waals surface area contributed by atoms with Crippen LogP contribution in [0.25, 0.3) is 0 Å². The van der Waals surface area contributed by atoms with Gasteiger partial charge in [-0.1, -0.05) is 12.1 Å². The summed E-state index contributed by atoms with van der Waals surface area (Å²) in [5, 5.41) is 6.35. The summed E-state index contributed by atoms with van der Waals surface area (Å²) in [6, 6.07) is 14.2. The highest BCUT2D eigenvalue weighted by molar-refractivity contribution is 7.80. The molecule has 4 N–H and O–H groups in total. The van der Waals surface area contributed by atoms with Crippen LogP contribution in [0.3, 0.4) is 0 Å². The van der Waals surface area contributed by atoms with E-state index in [1.807, 2.05) is 24.3 Å². The molecule has 0 radical (unpaired) electrons. The summed E-state index contributed by atoms with van der Waals surface area (Å²) in [7, 11) is 1.61. The standard InChI is InChI=1S/C15H15N3O2S/c1-20-11-8-6-10(7-9-11)17-15(21)18-13-5-3-2-4-12(13)14(16)19/h2-9H,1H3,(H2,16,19)(H2,17,18,21). The largest absolute Gasteiger partial charge is 0.497 e. The molecule has 0 spiro atoms. The number of amides is 1. The molecule has 0 saturated heterocycles. The molecule has 6 heteroatoms. The van der Waals surface area contributed by atoms with E-state index in [1.165, 1.54) is 0 Å². The highest BCUT2D eigenvalue weighted by atomic mass is 32.1. The third kappa shape index (κ3) is 3.93. The molecule has 0 heterocycles. The van der Waals surface area contributed by atoms with Gasteiger partial charge < -0.3 is 21.1 Å². The summed E-state index contributed by atoms with van der Waals surface area (Å²) in [6.07, 6.45) is 0. The zero-order valence-corrected chi connectivity index (χ0v) is 12.2. The smallest absolute Gasteiger partial charge is 0.250 e. The lowest BCUT2D eigenvalue weighted by Crippen LogP contribution is -2.22. The van der Waals surface area contributed by atoms with Crippen LogP contribution < -0.4 is 21.1 Å². The highest BCUT2D eigenvalue weighted by Crippen LogP contribution is 2.17. The Balaban J connectivity index is 2.06. The molecular weight excluding hydrogens is 286 g/mol. The van der Waals surface area contributed by atoms with Gasteiger partial charge in [0.25, 0.3) is 5.91 Å². The van der Waals surface area contributed by atoms with E-state index in [0.29, 0.717) is 16.4 Å². The molecule has 0 fully saturated rings. The molecule has 21 heavy (non-hydrogen) atoms. The zero-order valence-electron chi connectivity index (χ0n) is 11.4. The number of carbonyl (C=O) groups excluding carboxylic acids is 1. The van der Waals surface area contributed by atoms with E-state index in [-0.39, 0.29) is 0 Å². The van der Waals surface area contributed by atoms with Crippen LogP contribution in [-0.2, 0) is 0 Å². The molecule has 0 bridgehead atoms. The van der Waals surface area contributed by atoms with Gasteiger partial charge in [-0.25, -0.2) is 0 Å². The lowest BCUT2D eigenvalue weighted by Gasteiger charge is -2.13. The number of para-hydroxylation sites is 1. The van der Waals surface area contributed by atoms with Crippen molar-refractivity contribution in [3.63, 3.8) is 0 Å². The van der Waals surface area contributed by atoms with E-state index in [2.05, 4.69) is 10.6 Å². The first-order valence-electron chi connectivity index (χ1n) is 6.21. The van der Waals surface area contributed by atoms with Gasteiger partial charge in [0.1, 0.15) is 5.75 Å². The number of hydrogen-bond acceptors (Lipinski definition) is 3. The van der Waals surface area contributed by atoms with Gasteiger partial charge in [-0.05, 0) is 48.6 Å². The van der Waals surface area contributed by atoms with Crippen molar-refractivity contribution in [3.8, 4) is 5.75 Å². The second-order valence-electron chi connectivity index (χ2n) is 4.22. The van der Waals surface area contributed by atoms with Crippen molar-refractivity contribution in [3.05, 3.63) is 54.1 Å². The molecular formula is C15H15N3O2S. The fraction of sp³-hybridized carbons (Fsp3) is 0.0667. The van der Waals surface area contributed by atoms with Crippen LogP contribution in [-0.4, -0.2) is 18.1 Å². The molecule has 0 atom stereocenters. The molecule has 2 aromatic carbocycles. The van der Waals surface area contributed by atoms with Crippen molar-refractivity contribution in [2.24, 2.45) is 5.73 Å². The lowest BCUT2D eigenvalue weighted by molar-refractivity contribution is 0.100. The first kappa shape index (κ1) is 14.8. The molecule has 0 saturated carbocycles. The third-order valence-corrected chi connectivity index (χ3v) is 2.99. The summed E-state index contributed by atoms with van der Waals surface area (Å²) in [6.45, 7) is 0. The maximum Gasteiger partial charge on any atom is 0.250 e. The first-order valence-corrected chi connectivity index (χ1v) is 6.62. The number of rotatable bonds is 4. The Morgan fingerprint density at radius 3 is 2.38 bits per heavy atom. The molecule has 0 aliphatic rings. The van der Waals surface area contributed by atoms with Crippen LogP contribution in [0.15, 0.2) is 48.5 Å². The second-order valence-corrected chi connectivity index (χ2v) is 4.63. The maximum atomic E-state index is 11.3. The number of benzene rings is 2. The second kappa shape index (κ2) is 6.71.